The number of sulfonamides is 1. The van der Waals surface area contributed by atoms with Crippen LogP contribution in [0.4, 0.5) is 10.1 Å². The number of nitrogens with zero attached hydrogens (tertiary/aromatic N) is 3. The van der Waals surface area contributed by atoms with Crippen LogP contribution in [-0.2, 0) is 19.6 Å². The van der Waals surface area contributed by atoms with Crippen molar-refractivity contribution in [2.75, 3.05) is 64.4 Å². The van der Waals surface area contributed by atoms with Gasteiger partial charge in [-0.2, -0.15) is 4.31 Å². The fourth-order valence-electron chi connectivity index (χ4n) is 4.47. The number of anilines is 1. The Morgan fingerprint density at radius 1 is 1.20 bits per heavy atom. The lowest BCUT2D eigenvalue weighted by molar-refractivity contribution is -0.134. The maximum atomic E-state index is 14.4. The average molecular weight is 517 g/mol. The zero-order valence-electron chi connectivity index (χ0n) is 20.5. The number of amides is 1. The van der Waals surface area contributed by atoms with Gasteiger partial charge in [-0.05, 0) is 44.5 Å². The van der Waals surface area contributed by atoms with Crippen LogP contribution in [-0.4, -0.2) is 93.7 Å². The van der Waals surface area contributed by atoms with Crippen molar-refractivity contribution in [1.82, 2.24) is 14.7 Å². The van der Waals surface area contributed by atoms with Gasteiger partial charge in [0.25, 0.3) is 0 Å². The first-order chi connectivity index (χ1) is 16.8. The summed E-state index contributed by atoms with van der Waals surface area (Å²) in [5, 5.41) is 8.80. The molecule has 3 rings (SSSR count). The second-order valence-corrected chi connectivity index (χ2v) is 11.0. The minimum Gasteiger partial charge on any atom is -0.491 e. The molecule has 0 spiro atoms. The third-order valence-electron chi connectivity index (χ3n) is 6.71. The van der Waals surface area contributed by atoms with E-state index in [-0.39, 0.29) is 31.3 Å². The minimum atomic E-state index is -3.71. The molecule has 1 aromatic rings. The fourth-order valence-corrected chi connectivity index (χ4v) is 6.11. The summed E-state index contributed by atoms with van der Waals surface area (Å²) in [6.45, 7) is 5.24. The van der Waals surface area contributed by atoms with E-state index in [9.17, 15) is 17.6 Å². The first-order valence-electron chi connectivity index (χ1n) is 12.2. The molecule has 35 heavy (non-hydrogen) atoms. The molecule has 0 radical (unpaired) electrons. The van der Waals surface area contributed by atoms with Crippen molar-refractivity contribution in [1.29, 1.82) is 0 Å². The van der Waals surface area contributed by atoms with Gasteiger partial charge in [0.05, 0.1) is 6.61 Å². The number of unbranched alkanes of at least 4 members (excludes halogenated alkanes) is 1. The van der Waals surface area contributed by atoms with Crippen LogP contribution in [0.15, 0.2) is 18.2 Å². The molecule has 1 atom stereocenters. The molecule has 1 aromatic carbocycles. The van der Waals surface area contributed by atoms with E-state index in [4.69, 9.17) is 14.7 Å². The van der Waals surface area contributed by atoms with E-state index in [2.05, 4.69) is 0 Å². The monoisotopic (exact) mass is 516 g/mol. The molecule has 12 heteroatoms. The second-order valence-electron chi connectivity index (χ2n) is 8.96. The van der Waals surface area contributed by atoms with Gasteiger partial charge in [-0.3, -0.25) is 14.9 Å². The highest BCUT2D eigenvalue weighted by atomic mass is 32.2. The lowest BCUT2D eigenvalue weighted by atomic mass is 9.96. The van der Waals surface area contributed by atoms with Crippen LogP contribution in [0, 0.1) is 11.7 Å². The average Bonchev–Trinajstić information content (AvgIpc) is 2.88. The molecular formula is C23H37FN4O6S. The molecule has 1 unspecified atom stereocenters. The van der Waals surface area contributed by atoms with E-state index in [1.54, 1.807) is 17.6 Å². The van der Waals surface area contributed by atoms with Crippen LogP contribution < -0.4 is 15.1 Å². The van der Waals surface area contributed by atoms with Gasteiger partial charge in [0.1, 0.15) is 0 Å². The van der Waals surface area contributed by atoms with E-state index in [0.29, 0.717) is 51.3 Å². The largest absolute Gasteiger partial charge is 0.491 e. The van der Waals surface area contributed by atoms with Crippen LogP contribution in [0.3, 0.4) is 0 Å². The van der Waals surface area contributed by atoms with Crippen molar-refractivity contribution in [2.45, 2.75) is 38.0 Å². The summed E-state index contributed by atoms with van der Waals surface area (Å²) in [5.74, 6) is -0.874. The van der Waals surface area contributed by atoms with Crippen molar-refractivity contribution in [3.63, 3.8) is 0 Å². The summed E-state index contributed by atoms with van der Waals surface area (Å²) < 4.78 is 53.3. The van der Waals surface area contributed by atoms with E-state index in [0.717, 1.165) is 12.8 Å². The molecule has 2 fully saturated rings. The van der Waals surface area contributed by atoms with Crippen molar-refractivity contribution in [2.24, 2.45) is 5.92 Å². The van der Waals surface area contributed by atoms with Gasteiger partial charge < -0.3 is 14.4 Å². The Morgan fingerprint density at radius 3 is 2.46 bits per heavy atom. The van der Waals surface area contributed by atoms with Crippen LogP contribution >= 0.6 is 0 Å². The second kappa shape index (κ2) is 12.8. The van der Waals surface area contributed by atoms with E-state index >= 15 is 0 Å². The zero-order chi connectivity index (χ0) is 25.4. The molecule has 2 aliphatic rings. The van der Waals surface area contributed by atoms with Gasteiger partial charge in [0, 0.05) is 57.5 Å². The maximum absolute atomic E-state index is 14.4. The lowest BCUT2D eigenvalue weighted by Crippen LogP contribution is -2.54. The van der Waals surface area contributed by atoms with Gasteiger partial charge in [0.15, 0.2) is 17.0 Å². The number of piperidine rings is 1. The van der Waals surface area contributed by atoms with Crippen molar-refractivity contribution in [3.8, 4) is 5.75 Å². The smallest absolute Gasteiger partial charge is 0.246 e. The third kappa shape index (κ3) is 7.04. The molecule has 2 saturated heterocycles. The molecule has 2 heterocycles. The molecule has 0 aromatic heterocycles. The lowest BCUT2D eigenvalue weighted by Gasteiger charge is -2.38. The molecule has 0 aliphatic carbocycles. The summed E-state index contributed by atoms with van der Waals surface area (Å²) in [4.78, 5) is 15.5. The predicted octanol–water partition coefficient (Wildman–Crippen LogP) is 1.65. The number of carbonyl (C=O) groups is 1. The van der Waals surface area contributed by atoms with Crippen LogP contribution in [0.5, 0.6) is 5.75 Å². The molecular weight excluding hydrogens is 479 g/mol. The Bertz CT molecular complexity index is 934. The number of halogens is 1. The van der Waals surface area contributed by atoms with Gasteiger partial charge in [-0.25, -0.2) is 18.3 Å². The van der Waals surface area contributed by atoms with E-state index < -0.39 is 27.2 Å². The van der Waals surface area contributed by atoms with Crippen LogP contribution in [0.2, 0.25) is 0 Å². The van der Waals surface area contributed by atoms with Crippen molar-refractivity contribution in [3.05, 3.63) is 24.0 Å². The summed E-state index contributed by atoms with van der Waals surface area (Å²) in [7, 11) is -2.33. The fraction of sp³-hybridized carbons (Fsp3) is 0.696. The number of methoxy groups -OCH3 is 1. The highest BCUT2D eigenvalue weighted by Gasteiger charge is 2.36. The quantitative estimate of drug-likeness (QED) is 0.260. The number of benzene rings is 1. The summed E-state index contributed by atoms with van der Waals surface area (Å²) in [5.41, 5.74) is 1.36. The highest BCUT2D eigenvalue weighted by Crippen LogP contribution is 2.26. The number of rotatable bonds is 11. The van der Waals surface area contributed by atoms with E-state index in [1.165, 1.54) is 17.5 Å². The Hall–Kier alpha value is -1.99. The number of carbonyl (C=O) groups excluding carboxylic acids is 1. The van der Waals surface area contributed by atoms with Gasteiger partial charge in [-0.15, -0.1) is 0 Å². The van der Waals surface area contributed by atoms with E-state index in [1.807, 2.05) is 16.7 Å². The number of nitrogens with one attached hydrogen (secondary N) is 1. The normalized spacial score (nSPS) is 19.5. The summed E-state index contributed by atoms with van der Waals surface area (Å²) in [6.07, 6.45) is 2.92. The molecule has 10 nitrogen and oxygen atoms in total. The Balaban J connectivity index is 1.53. The molecule has 198 valence electrons. The van der Waals surface area contributed by atoms with Gasteiger partial charge in [-0.1, -0.05) is 13.3 Å². The first-order valence-corrected chi connectivity index (χ1v) is 13.7. The molecule has 0 bridgehead atoms. The first kappa shape index (κ1) is 27.6. The number of hydrogen-bond acceptors (Lipinski definition) is 8. The van der Waals surface area contributed by atoms with Crippen molar-refractivity contribution >= 4 is 21.6 Å². The Kier molecular flexibility index (Phi) is 10.1. The molecule has 2 N–H and O–H groups in total. The molecule has 0 saturated carbocycles. The Labute approximate surface area is 207 Å². The van der Waals surface area contributed by atoms with Gasteiger partial charge >= 0.3 is 0 Å². The zero-order valence-corrected chi connectivity index (χ0v) is 21.3. The van der Waals surface area contributed by atoms with Crippen molar-refractivity contribution < 1.29 is 32.3 Å². The number of hydrogen-bond donors (Lipinski definition) is 2. The van der Waals surface area contributed by atoms with Crippen LogP contribution in [0.25, 0.3) is 0 Å². The predicted molar refractivity (Wildman–Crippen MR) is 129 cm³/mol. The Morgan fingerprint density at radius 2 is 1.89 bits per heavy atom. The number of ether oxygens (including phenoxy) is 2. The molecule has 2 aliphatic heterocycles. The third-order valence-corrected chi connectivity index (χ3v) is 8.80. The standard InChI is InChI=1S/C23H37FN4O6S/c1-3-4-15-34-21-6-5-19(16-20(21)24)27-11-13-28(14-12-27)35(31,32)22(33-2)17-26-9-7-18(8-10-26)23(29)25-30/h5-6,16,18,22,30H,3-4,7-15,17H2,1-2H3,(H,25,29). The summed E-state index contributed by atoms with van der Waals surface area (Å²) in [6, 6.07) is 4.86. The number of hydroxylamine groups is 1. The minimum absolute atomic E-state index is 0.206. The number of likely N-dealkylation sites (tertiary alicyclic amines) is 1. The van der Waals surface area contributed by atoms with Crippen LogP contribution in [0.1, 0.15) is 32.6 Å². The maximum Gasteiger partial charge on any atom is 0.246 e. The topological polar surface area (TPSA) is 112 Å². The molecule has 1 amide bonds. The summed E-state index contributed by atoms with van der Waals surface area (Å²) >= 11 is 0. The highest BCUT2D eigenvalue weighted by molar-refractivity contribution is 7.89. The van der Waals surface area contributed by atoms with Gasteiger partial charge in [0.2, 0.25) is 15.9 Å². The SMILES string of the molecule is CCCCOc1ccc(N2CCN(S(=O)(=O)C(CN3CCC(C(=O)NO)CC3)OC)CC2)cc1F. The number of piperazine rings is 1.